The Morgan fingerprint density at radius 1 is 1.16 bits per heavy atom. The fraction of sp³-hybridized carbons (Fsp3) is 0.500. The number of amides is 2. The molecule has 0 radical (unpaired) electrons. The van der Waals surface area contributed by atoms with E-state index in [2.05, 4.69) is 15.5 Å². The van der Waals surface area contributed by atoms with Crippen molar-refractivity contribution >= 4 is 6.03 Å². The van der Waals surface area contributed by atoms with Crippen LogP contribution in [0.25, 0.3) is 0 Å². The molecule has 0 fully saturated rings. The summed E-state index contributed by atoms with van der Waals surface area (Å²) in [5.41, 5.74) is 0. The first-order valence-corrected chi connectivity index (χ1v) is 6.53. The molecule has 5 nitrogen and oxygen atoms in total. The van der Waals surface area contributed by atoms with Gasteiger partial charge in [-0.3, -0.25) is 0 Å². The van der Waals surface area contributed by atoms with Gasteiger partial charge in [-0.25, -0.2) is 4.79 Å². The molecular formula is C14H23N3O2. The van der Waals surface area contributed by atoms with Crippen LogP contribution in [0.4, 0.5) is 4.79 Å². The second-order valence-corrected chi connectivity index (χ2v) is 4.50. The third-order valence-corrected chi connectivity index (χ3v) is 2.47. The first kappa shape index (κ1) is 15.3. The molecular weight excluding hydrogens is 242 g/mol. The van der Waals surface area contributed by atoms with Crippen LogP contribution < -0.4 is 15.4 Å². The van der Waals surface area contributed by atoms with Gasteiger partial charge in [0.1, 0.15) is 12.4 Å². The van der Waals surface area contributed by atoms with Crippen LogP contribution in [0.5, 0.6) is 5.75 Å². The zero-order valence-electron chi connectivity index (χ0n) is 11.7. The van der Waals surface area contributed by atoms with Crippen LogP contribution in [0, 0.1) is 0 Å². The molecule has 0 spiro atoms. The van der Waals surface area contributed by atoms with E-state index in [4.69, 9.17) is 4.74 Å². The van der Waals surface area contributed by atoms with Gasteiger partial charge in [0.25, 0.3) is 0 Å². The van der Waals surface area contributed by atoms with Gasteiger partial charge in [0, 0.05) is 6.54 Å². The molecule has 1 aromatic carbocycles. The van der Waals surface area contributed by atoms with Crippen LogP contribution in [-0.4, -0.2) is 51.3 Å². The molecule has 0 atom stereocenters. The molecule has 0 aliphatic heterocycles. The van der Waals surface area contributed by atoms with Gasteiger partial charge in [-0.15, -0.1) is 0 Å². The van der Waals surface area contributed by atoms with Gasteiger partial charge < -0.3 is 20.3 Å². The Hall–Kier alpha value is -1.75. The fourth-order valence-electron chi connectivity index (χ4n) is 1.51. The quantitative estimate of drug-likeness (QED) is 0.697. The summed E-state index contributed by atoms with van der Waals surface area (Å²) in [5, 5.41) is 5.56. The van der Waals surface area contributed by atoms with E-state index >= 15 is 0 Å². The Bertz CT molecular complexity index is 355. The Labute approximate surface area is 114 Å². The summed E-state index contributed by atoms with van der Waals surface area (Å²) in [6.45, 7) is 2.62. The Kier molecular flexibility index (Phi) is 7.43. The molecule has 0 saturated carbocycles. The number of hydrogen-bond donors (Lipinski definition) is 2. The van der Waals surface area contributed by atoms with Gasteiger partial charge >= 0.3 is 6.03 Å². The van der Waals surface area contributed by atoms with Crippen molar-refractivity contribution < 1.29 is 9.53 Å². The molecule has 5 heteroatoms. The molecule has 2 amide bonds. The van der Waals surface area contributed by atoms with Crippen molar-refractivity contribution in [2.45, 2.75) is 6.42 Å². The highest BCUT2D eigenvalue weighted by molar-refractivity contribution is 5.73. The standard InChI is InChI=1S/C14H23N3O2/c1-17(2)11-6-9-15-14(18)16-10-12-19-13-7-4-3-5-8-13/h3-5,7-8H,6,9-12H2,1-2H3,(H2,15,16,18). The van der Waals surface area contributed by atoms with E-state index in [0.29, 0.717) is 19.7 Å². The van der Waals surface area contributed by atoms with E-state index in [-0.39, 0.29) is 6.03 Å². The van der Waals surface area contributed by atoms with E-state index in [1.54, 1.807) is 0 Å². The average Bonchev–Trinajstić information content (AvgIpc) is 2.41. The number of rotatable bonds is 8. The van der Waals surface area contributed by atoms with Crippen LogP contribution in [0.1, 0.15) is 6.42 Å². The summed E-state index contributed by atoms with van der Waals surface area (Å²) in [7, 11) is 4.03. The molecule has 0 heterocycles. The molecule has 0 aliphatic rings. The summed E-state index contributed by atoms with van der Waals surface area (Å²) in [6.07, 6.45) is 0.945. The van der Waals surface area contributed by atoms with Crippen LogP contribution in [0.2, 0.25) is 0 Å². The van der Waals surface area contributed by atoms with E-state index < -0.39 is 0 Å². The fourth-order valence-corrected chi connectivity index (χ4v) is 1.51. The molecule has 1 rings (SSSR count). The topological polar surface area (TPSA) is 53.6 Å². The molecule has 0 unspecified atom stereocenters. The van der Waals surface area contributed by atoms with Crippen molar-refractivity contribution in [1.82, 2.24) is 15.5 Å². The molecule has 0 aliphatic carbocycles. The first-order chi connectivity index (χ1) is 9.18. The number of nitrogens with one attached hydrogen (secondary N) is 2. The van der Waals surface area contributed by atoms with Crippen LogP contribution in [0.3, 0.4) is 0 Å². The van der Waals surface area contributed by atoms with Gasteiger partial charge in [-0.05, 0) is 39.2 Å². The summed E-state index contributed by atoms with van der Waals surface area (Å²) in [6, 6.07) is 9.41. The average molecular weight is 265 g/mol. The Balaban J connectivity index is 1.98. The zero-order valence-corrected chi connectivity index (χ0v) is 11.7. The van der Waals surface area contributed by atoms with Gasteiger partial charge in [0.2, 0.25) is 0 Å². The monoisotopic (exact) mass is 265 g/mol. The molecule has 2 N–H and O–H groups in total. The number of urea groups is 1. The Morgan fingerprint density at radius 2 is 1.84 bits per heavy atom. The minimum Gasteiger partial charge on any atom is -0.492 e. The number of benzene rings is 1. The summed E-state index contributed by atoms with van der Waals surface area (Å²) in [5.74, 6) is 0.815. The SMILES string of the molecule is CN(C)CCCNC(=O)NCCOc1ccccc1. The first-order valence-electron chi connectivity index (χ1n) is 6.53. The van der Waals surface area contributed by atoms with Crippen molar-refractivity contribution in [2.24, 2.45) is 0 Å². The number of ether oxygens (including phenoxy) is 1. The Morgan fingerprint density at radius 3 is 2.53 bits per heavy atom. The summed E-state index contributed by atoms with van der Waals surface area (Å²) < 4.78 is 5.46. The van der Waals surface area contributed by atoms with Crippen LogP contribution in [0.15, 0.2) is 30.3 Å². The number of carbonyl (C=O) groups is 1. The van der Waals surface area contributed by atoms with Crippen molar-refractivity contribution in [3.8, 4) is 5.75 Å². The highest BCUT2D eigenvalue weighted by atomic mass is 16.5. The number of hydrogen-bond acceptors (Lipinski definition) is 3. The van der Waals surface area contributed by atoms with E-state index in [0.717, 1.165) is 18.7 Å². The van der Waals surface area contributed by atoms with Gasteiger partial charge in [-0.2, -0.15) is 0 Å². The number of para-hydroxylation sites is 1. The maximum absolute atomic E-state index is 11.4. The highest BCUT2D eigenvalue weighted by Gasteiger charge is 1.99. The van der Waals surface area contributed by atoms with Gasteiger partial charge in [-0.1, -0.05) is 18.2 Å². The van der Waals surface area contributed by atoms with Gasteiger partial charge in [0.15, 0.2) is 0 Å². The van der Waals surface area contributed by atoms with Crippen LogP contribution >= 0.6 is 0 Å². The van der Waals surface area contributed by atoms with Gasteiger partial charge in [0.05, 0.1) is 6.54 Å². The molecule has 106 valence electrons. The van der Waals surface area contributed by atoms with Crippen molar-refractivity contribution in [3.63, 3.8) is 0 Å². The minimum absolute atomic E-state index is 0.143. The molecule has 1 aromatic rings. The third-order valence-electron chi connectivity index (χ3n) is 2.47. The lowest BCUT2D eigenvalue weighted by molar-refractivity contribution is 0.236. The third kappa shape index (κ3) is 8.05. The smallest absolute Gasteiger partial charge is 0.314 e. The highest BCUT2D eigenvalue weighted by Crippen LogP contribution is 2.07. The normalized spacial score (nSPS) is 10.3. The van der Waals surface area contributed by atoms with Crippen molar-refractivity contribution in [2.75, 3.05) is 40.3 Å². The second-order valence-electron chi connectivity index (χ2n) is 4.50. The van der Waals surface area contributed by atoms with Crippen molar-refractivity contribution in [3.05, 3.63) is 30.3 Å². The predicted octanol–water partition coefficient (Wildman–Crippen LogP) is 1.32. The summed E-state index contributed by atoms with van der Waals surface area (Å²) >= 11 is 0. The second kappa shape index (κ2) is 9.22. The molecule has 0 aromatic heterocycles. The van der Waals surface area contributed by atoms with E-state index in [1.165, 1.54) is 0 Å². The maximum atomic E-state index is 11.4. The number of nitrogens with zero attached hydrogens (tertiary/aromatic N) is 1. The minimum atomic E-state index is -0.143. The lowest BCUT2D eigenvalue weighted by Crippen LogP contribution is -2.38. The molecule has 0 saturated heterocycles. The van der Waals surface area contributed by atoms with E-state index in [9.17, 15) is 4.79 Å². The lowest BCUT2D eigenvalue weighted by atomic mass is 10.3. The maximum Gasteiger partial charge on any atom is 0.314 e. The predicted molar refractivity (Wildman–Crippen MR) is 76.5 cm³/mol. The van der Waals surface area contributed by atoms with Crippen molar-refractivity contribution in [1.29, 1.82) is 0 Å². The largest absolute Gasteiger partial charge is 0.492 e. The van der Waals surface area contributed by atoms with E-state index in [1.807, 2.05) is 44.4 Å². The summed E-state index contributed by atoms with van der Waals surface area (Å²) in [4.78, 5) is 13.5. The van der Waals surface area contributed by atoms with Crippen LogP contribution in [-0.2, 0) is 0 Å². The number of carbonyl (C=O) groups excluding carboxylic acids is 1. The molecule has 0 bridgehead atoms. The molecule has 19 heavy (non-hydrogen) atoms. The zero-order chi connectivity index (χ0) is 13.9. The lowest BCUT2D eigenvalue weighted by Gasteiger charge is -2.11.